The molecule has 0 fully saturated rings. The summed E-state index contributed by atoms with van der Waals surface area (Å²) in [5.74, 6) is 0.101. The molecule has 0 spiro atoms. The third-order valence-corrected chi connectivity index (χ3v) is 1.67. The van der Waals surface area contributed by atoms with Crippen LogP contribution in [0, 0.1) is 0 Å². The lowest BCUT2D eigenvalue weighted by Gasteiger charge is -1.95. The van der Waals surface area contributed by atoms with E-state index in [1.807, 2.05) is 0 Å². The van der Waals surface area contributed by atoms with E-state index in [1.165, 1.54) is 0 Å². The first kappa shape index (κ1) is 10.1. The van der Waals surface area contributed by atoms with Crippen LogP contribution in [0.1, 0.15) is 23.1 Å². The number of nitrogens with one attached hydrogen (secondary N) is 1. The van der Waals surface area contributed by atoms with Crippen molar-refractivity contribution >= 4 is 17.6 Å². The maximum absolute atomic E-state index is 11.1. The number of H-pyrrole nitrogens is 1. The summed E-state index contributed by atoms with van der Waals surface area (Å²) < 4.78 is 4.76. The van der Waals surface area contributed by atoms with E-state index in [0.29, 0.717) is 24.6 Å². The van der Waals surface area contributed by atoms with Gasteiger partial charge >= 0.3 is 5.97 Å². The standard InChI is InChI=1S/C8H11ClN2O2/c1-2-13-8(12)7-5-6(3-4-9)10-11-7/h5H,2-4H2,1H3,(H,10,11). The summed E-state index contributed by atoms with van der Waals surface area (Å²) >= 11 is 5.52. The lowest BCUT2D eigenvalue weighted by Crippen LogP contribution is -2.04. The van der Waals surface area contributed by atoms with Gasteiger partial charge in [-0.2, -0.15) is 5.10 Å². The zero-order valence-corrected chi connectivity index (χ0v) is 8.10. The molecule has 0 aliphatic rings. The predicted molar refractivity (Wildman–Crippen MR) is 49.0 cm³/mol. The normalized spacial score (nSPS) is 10.0. The van der Waals surface area contributed by atoms with E-state index >= 15 is 0 Å². The van der Waals surface area contributed by atoms with Crippen LogP contribution < -0.4 is 0 Å². The number of hydrogen-bond donors (Lipinski definition) is 1. The van der Waals surface area contributed by atoms with Gasteiger partial charge in [-0.15, -0.1) is 11.6 Å². The van der Waals surface area contributed by atoms with Crippen molar-refractivity contribution < 1.29 is 9.53 Å². The highest BCUT2D eigenvalue weighted by molar-refractivity contribution is 6.17. The van der Waals surface area contributed by atoms with E-state index < -0.39 is 5.97 Å². The Balaban J connectivity index is 2.62. The van der Waals surface area contributed by atoms with E-state index in [-0.39, 0.29) is 0 Å². The number of hydrogen-bond acceptors (Lipinski definition) is 3. The summed E-state index contributed by atoms with van der Waals surface area (Å²) in [4.78, 5) is 11.1. The zero-order chi connectivity index (χ0) is 9.68. The molecule has 1 heterocycles. The fourth-order valence-corrected chi connectivity index (χ4v) is 1.10. The van der Waals surface area contributed by atoms with Crippen LogP contribution in [0.3, 0.4) is 0 Å². The number of aryl methyl sites for hydroxylation is 1. The van der Waals surface area contributed by atoms with Crippen molar-refractivity contribution in [1.29, 1.82) is 0 Å². The van der Waals surface area contributed by atoms with Gasteiger partial charge in [-0.3, -0.25) is 5.10 Å². The van der Waals surface area contributed by atoms with Gasteiger partial charge in [0.25, 0.3) is 0 Å². The Morgan fingerprint density at radius 3 is 3.15 bits per heavy atom. The van der Waals surface area contributed by atoms with Crippen molar-refractivity contribution in [2.24, 2.45) is 0 Å². The molecule has 72 valence electrons. The van der Waals surface area contributed by atoms with Crippen molar-refractivity contribution in [3.05, 3.63) is 17.5 Å². The lowest BCUT2D eigenvalue weighted by molar-refractivity contribution is 0.0519. The SMILES string of the molecule is CCOC(=O)c1cc(CCCl)[nH]n1. The fraction of sp³-hybridized carbons (Fsp3) is 0.500. The number of esters is 1. The molecular formula is C8H11ClN2O2. The number of halogens is 1. The molecule has 0 saturated carbocycles. The molecule has 0 amide bonds. The number of carbonyl (C=O) groups excluding carboxylic acids is 1. The van der Waals surface area contributed by atoms with Crippen molar-refractivity contribution in [2.75, 3.05) is 12.5 Å². The highest BCUT2D eigenvalue weighted by Crippen LogP contribution is 2.02. The van der Waals surface area contributed by atoms with E-state index in [1.54, 1.807) is 13.0 Å². The Kier molecular flexibility index (Phi) is 3.76. The molecule has 0 aliphatic carbocycles. The molecule has 1 rings (SSSR count). The second-order valence-corrected chi connectivity index (χ2v) is 2.82. The molecule has 0 bridgehead atoms. The zero-order valence-electron chi connectivity index (χ0n) is 7.34. The summed E-state index contributed by atoms with van der Waals surface area (Å²) in [5.41, 5.74) is 1.15. The Morgan fingerprint density at radius 1 is 1.77 bits per heavy atom. The molecule has 0 unspecified atom stereocenters. The number of nitrogens with zero attached hydrogens (tertiary/aromatic N) is 1. The van der Waals surface area contributed by atoms with Gasteiger partial charge in [-0.05, 0) is 13.0 Å². The molecule has 0 saturated heterocycles. The smallest absolute Gasteiger partial charge is 0.358 e. The van der Waals surface area contributed by atoms with Crippen LogP contribution >= 0.6 is 11.6 Å². The third kappa shape index (κ3) is 2.73. The van der Waals surface area contributed by atoms with E-state index in [4.69, 9.17) is 16.3 Å². The maximum atomic E-state index is 11.1. The Labute approximate surface area is 81.2 Å². The van der Waals surface area contributed by atoms with Gasteiger partial charge in [0.2, 0.25) is 0 Å². The Morgan fingerprint density at radius 2 is 2.54 bits per heavy atom. The van der Waals surface area contributed by atoms with Gasteiger partial charge in [-0.25, -0.2) is 4.79 Å². The van der Waals surface area contributed by atoms with Crippen LogP contribution in [-0.4, -0.2) is 28.7 Å². The molecule has 0 atom stereocenters. The average Bonchev–Trinajstić information content (AvgIpc) is 2.54. The van der Waals surface area contributed by atoms with E-state index in [0.717, 1.165) is 5.69 Å². The fourth-order valence-electron chi connectivity index (χ4n) is 0.901. The molecule has 0 radical (unpaired) electrons. The van der Waals surface area contributed by atoms with Crippen molar-refractivity contribution in [3.8, 4) is 0 Å². The van der Waals surface area contributed by atoms with Gasteiger partial charge in [0, 0.05) is 18.0 Å². The molecule has 1 N–H and O–H groups in total. The van der Waals surface area contributed by atoms with Crippen LogP contribution in [0.5, 0.6) is 0 Å². The molecule has 13 heavy (non-hydrogen) atoms. The molecule has 0 aliphatic heterocycles. The molecule has 1 aromatic rings. The highest BCUT2D eigenvalue weighted by atomic mass is 35.5. The largest absolute Gasteiger partial charge is 0.461 e. The van der Waals surface area contributed by atoms with Gasteiger partial charge in [0.15, 0.2) is 5.69 Å². The van der Waals surface area contributed by atoms with Crippen LogP contribution in [0.25, 0.3) is 0 Å². The molecular weight excluding hydrogens is 192 g/mol. The van der Waals surface area contributed by atoms with E-state index in [9.17, 15) is 4.79 Å². The van der Waals surface area contributed by atoms with Crippen LogP contribution in [0.4, 0.5) is 0 Å². The molecule has 4 nitrogen and oxygen atoms in total. The summed E-state index contributed by atoms with van der Waals surface area (Å²) in [6.07, 6.45) is 0.675. The van der Waals surface area contributed by atoms with Gasteiger partial charge in [0.05, 0.1) is 6.61 Å². The predicted octanol–water partition coefficient (Wildman–Crippen LogP) is 1.37. The van der Waals surface area contributed by atoms with Crippen LogP contribution in [0.2, 0.25) is 0 Å². The van der Waals surface area contributed by atoms with Gasteiger partial charge < -0.3 is 4.74 Å². The molecule has 0 aromatic carbocycles. The quantitative estimate of drug-likeness (QED) is 0.593. The number of carbonyl (C=O) groups is 1. The maximum Gasteiger partial charge on any atom is 0.358 e. The number of ether oxygens (including phenoxy) is 1. The minimum atomic E-state index is -0.403. The van der Waals surface area contributed by atoms with Crippen molar-refractivity contribution in [1.82, 2.24) is 10.2 Å². The summed E-state index contributed by atoms with van der Waals surface area (Å²) in [7, 11) is 0. The van der Waals surface area contributed by atoms with Crippen LogP contribution in [0.15, 0.2) is 6.07 Å². The van der Waals surface area contributed by atoms with Crippen molar-refractivity contribution in [3.63, 3.8) is 0 Å². The number of aromatic amines is 1. The lowest BCUT2D eigenvalue weighted by atomic mass is 10.3. The molecule has 5 heteroatoms. The second-order valence-electron chi connectivity index (χ2n) is 2.44. The van der Waals surface area contributed by atoms with Crippen LogP contribution in [-0.2, 0) is 11.2 Å². The Bertz CT molecular complexity index is 285. The topological polar surface area (TPSA) is 55.0 Å². The first-order chi connectivity index (χ1) is 6.27. The first-order valence-electron chi connectivity index (χ1n) is 4.05. The minimum Gasteiger partial charge on any atom is -0.461 e. The van der Waals surface area contributed by atoms with E-state index in [2.05, 4.69) is 10.2 Å². The number of rotatable bonds is 4. The molecule has 1 aromatic heterocycles. The van der Waals surface area contributed by atoms with Crippen molar-refractivity contribution in [2.45, 2.75) is 13.3 Å². The second kappa shape index (κ2) is 4.87. The summed E-state index contributed by atoms with van der Waals surface area (Å²) in [6.45, 7) is 2.11. The first-order valence-corrected chi connectivity index (χ1v) is 4.58. The number of aromatic nitrogens is 2. The average molecular weight is 203 g/mol. The summed E-state index contributed by atoms with van der Waals surface area (Å²) in [6, 6.07) is 1.65. The highest BCUT2D eigenvalue weighted by Gasteiger charge is 2.10. The third-order valence-electron chi connectivity index (χ3n) is 1.48. The monoisotopic (exact) mass is 202 g/mol. The van der Waals surface area contributed by atoms with Gasteiger partial charge in [-0.1, -0.05) is 0 Å². The number of alkyl halides is 1. The summed E-state index contributed by atoms with van der Waals surface area (Å²) in [5, 5.41) is 6.51. The minimum absolute atomic E-state index is 0.307. The van der Waals surface area contributed by atoms with Gasteiger partial charge in [0.1, 0.15) is 0 Å². The Hall–Kier alpha value is -1.03.